The minimum absolute atomic E-state index is 0.0943. The Bertz CT molecular complexity index is 1260. The lowest BCUT2D eigenvalue weighted by molar-refractivity contribution is 0.0734. The number of likely N-dealkylation sites (N-methyl/N-ethyl adjacent to an activating group) is 1. The average Bonchev–Trinajstić information content (AvgIpc) is 2.86. The number of sulfonamides is 1. The quantitative estimate of drug-likeness (QED) is 0.507. The van der Waals surface area contributed by atoms with Gasteiger partial charge in [0.25, 0.3) is 0 Å². The summed E-state index contributed by atoms with van der Waals surface area (Å²) in [6, 6.07) is 23.2. The van der Waals surface area contributed by atoms with Crippen LogP contribution in [0.15, 0.2) is 77.7 Å². The molecule has 1 N–H and O–H groups in total. The Morgan fingerprint density at radius 3 is 2.39 bits per heavy atom. The highest BCUT2D eigenvalue weighted by atomic mass is 32.2. The van der Waals surface area contributed by atoms with Crippen molar-refractivity contribution in [2.75, 3.05) is 26.7 Å². The molecule has 0 amide bonds. The second kappa shape index (κ2) is 11.1. The predicted octanol–water partition coefficient (Wildman–Crippen LogP) is 4.56. The van der Waals surface area contributed by atoms with Crippen LogP contribution >= 0.6 is 0 Å². The first-order valence-corrected chi connectivity index (χ1v) is 13.9. The third kappa shape index (κ3) is 5.81. The number of rotatable bonds is 7. The Kier molecular flexibility index (Phi) is 8.15. The number of hydrogen-bond acceptors (Lipinski definition) is 5. The van der Waals surface area contributed by atoms with E-state index in [-0.39, 0.29) is 30.1 Å². The number of ether oxygens (including phenoxy) is 1. The minimum Gasteiger partial charge on any atom is -0.487 e. The lowest BCUT2D eigenvalue weighted by Crippen LogP contribution is -2.49. The predicted molar refractivity (Wildman–Crippen MR) is 143 cm³/mol. The van der Waals surface area contributed by atoms with Crippen molar-refractivity contribution in [3.8, 4) is 16.9 Å². The molecular weight excluding hydrogens is 472 g/mol. The van der Waals surface area contributed by atoms with Crippen molar-refractivity contribution in [1.29, 1.82) is 0 Å². The van der Waals surface area contributed by atoms with Gasteiger partial charge >= 0.3 is 0 Å². The molecule has 7 heteroatoms. The molecule has 6 nitrogen and oxygen atoms in total. The third-order valence-electron chi connectivity index (χ3n) is 6.84. The Balaban J connectivity index is 1.72. The lowest BCUT2D eigenvalue weighted by Gasteiger charge is -2.37. The molecule has 36 heavy (non-hydrogen) atoms. The molecule has 0 radical (unpaired) electrons. The fourth-order valence-corrected chi connectivity index (χ4v) is 6.46. The van der Waals surface area contributed by atoms with Crippen molar-refractivity contribution in [3.05, 3.63) is 83.9 Å². The van der Waals surface area contributed by atoms with Gasteiger partial charge in [-0.25, -0.2) is 8.42 Å². The monoisotopic (exact) mass is 508 g/mol. The van der Waals surface area contributed by atoms with Crippen molar-refractivity contribution in [2.45, 2.75) is 44.4 Å². The minimum atomic E-state index is -3.86. The first-order chi connectivity index (χ1) is 17.2. The van der Waals surface area contributed by atoms with Gasteiger partial charge in [-0.3, -0.25) is 4.90 Å². The normalized spacial score (nSPS) is 20.7. The number of benzene rings is 3. The molecule has 0 aliphatic carbocycles. The number of nitrogens with zero attached hydrogens (tertiary/aromatic N) is 2. The SMILES string of the molecule is Cc1ccc(-c2ccc3c(c2)O[C@@H](CN(C)Cc2ccccc2)[C@H](C)CN([C@@H](C)CO)S3(=O)=O)cc1. The van der Waals surface area contributed by atoms with E-state index in [4.69, 9.17) is 4.74 Å². The highest BCUT2D eigenvalue weighted by Crippen LogP contribution is 2.36. The largest absolute Gasteiger partial charge is 0.487 e. The molecule has 4 rings (SSSR count). The van der Waals surface area contributed by atoms with Crippen molar-refractivity contribution < 1.29 is 18.3 Å². The summed E-state index contributed by atoms with van der Waals surface area (Å²) in [6.07, 6.45) is -0.241. The topological polar surface area (TPSA) is 70.1 Å². The summed E-state index contributed by atoms with van der Waals surface area (Å²) in [5, 5.41) is 9.86. The molecule has 192 valence electrons. The maximum atomic E-state index is 13.7. The van der Waals surface area contributed by atoms with Gasteiger partial charge in [-0.15, -0.1) is 0 Å². The maximum absolute atomic E-state index is 13.7. The van der Waals surface area contributed by atoms with Gasteiger partial charge < -0.3 is 9.84 Å². The number of aryl methyl sites for hydroxylation is 1. The van der Waals surface area contributed by atoms with E-state index in [1.807, 2.05) is 68.4 Å². The van der Waals surface area contributed by atoms with Crippen LogP contribution in [0.25, 0.3) is 11.1 Å². The smallest absolute Gasteiger partial charge is 0.247 e. The number of aliphatic hydroxyl groups is 1. The Hall–Kier alpha value is -2.71. The van der Waals surface area contributed by atoms with E-state index in [2.05, 4.69) is 24.1 Å². The summed E-state index contributed by atoms with van der Waals surface area (Å²) < 4.78 is 35.4. The molecule has 0 saturated heterocycles. The van der Waals surface area contributed by atoms with Gasteiger partial charge in [-0.1, -0.05) is 73.2 Å². The summed E-state index contributed by atoms with van der Waals surface area (Å²) >= 11 is 0. The fourth-order valence-electron chi connectivity index (χ4n) is 4.64. The fraction of sp³-hybridized carbons (Fsp3) is 0.379. The second-order valence-corrected chi connectivity index (χ2v) is 11.8. The van der Waals surface area contributed by atoms with Gasteiger partial charge in [0.05, 0.1) is 6.61 Å². The molecule has 0 fully saturated rings. The van der Waals surface area contributed by atoms with Gasteiger partial charge in [0, 0.05) is 31.6 Å². The highest BCUT2D eigenvalue weighted by Gasteiger charge is 2.38. The molecule has 0 unspecified atom stereocenters. The first kappa shape index (κ1) is 26.4. The van der Waals surface area contributed by atoms with Gasteiger partial charge in [-0.05, 0) is 49.7 Å². The molecule has 0 bridgehead atoms. The van der Waals surface area contributed by atoms with E-state index in [1.54, 1.807) is 13.0 Å². The van der Waals surface area contributed by atoms with Crippen LogP contribution in [0.5, 0.6) is 5.75 Å². The van der Waals surface area contributed by atoms with E-state index in [0.717, 1.165) is 23.2 Å². The first-order valence-electron chi connectivity index (χ1n) is 12.4. The van der Waals surface area contributed by atoms with Crippen LogP contribution in [0.4, 0.5) is 0 Å². The van der Waals surface area contributed by atoms with E-state index in [9.17, 15) is 13.5 Å². The highest BCUT2D eigenvalue weighted by molar-refractivity contribution is 7.89. The van der Waals surface area contributed by atoms with E-state index >= 15 is 0 Å². The summed E-state index contributed by atoms with van der Waals surface area (Å²) in [5.74, 6) is 0.260. The van der Waals surface area contributed by atoms with E-state index < -0.39 is 16.1 Å². The molecule has 1 aliphatic heterocycles. The standard InChI is InChI=1S/C29H36N2O4S/c1-21-10-12-25(13-11-21)26-14-15-29-27(16-26)35-28(19-30(4)18-24-8-6-5-7-9-24)22(2)17-31(23(3)20-32)36(29,33)34/h5-16,22-23,28,32H,17-20H2,1-4H3/t22-,23+,28+/m1/s1. The van der Waals surface area contributed by atoms with Crippen molar-refractivity contribution in [3.63, 3.8) is 0 Å². The van der Waals surface area contributed by atoms with Gasteiger partial charge in [0.15, 0.2) is 0 Å². The van der Waals surface area contributed by atoms with Crippen molar-refractivity contribution in [1.82, 2.24) is 9.21 Å². The average molecular weight is 509 g/mol. The van der Waals surface area contributed by atoms with Gasteiger partial charge in [0.1, 0.15) is 16.7 Å². The van der Waals surface area contributed by atoms with Gasteiger partial charge in [-0.2, -0.15) is 4.31 Å². The molecular formula is C29H36N2O4S. The van der Waals surface area contributed by atoms with Crippen LogP contribution in [0.2, 0.25) is 0 Å². The molecule has 0 spiro atoms. The van der Waals surface area contributed by atoms with Crippen LogP contribution in [0.3, 0.4) is 0 Å². The zero-order valence-corrected chi connectivity index (χ0v) is 22.3. The zero-order chi connectivity index (χ0) is 25.9. The Morgan fingerprint density at radius 2 is 1.72 bits per heavy atom. The molecule has 3 aromatic rings. The van der Waals surface area contributed by atoms with Crippen LogP contribution in [-0.2, 0) is 16.6 Å². The number of fused-ring (bicyclic) bond motifs is 1. The molecule has 3 aromatic carbocycles. The van der Waals surface area contributed by atoms with Crippen molar-refractivity contribution >= 4 is 10.0 Å². The lowest BCUT2D eigenvalue weighted by atomic mass is 10.0. The third-order valence-corrected chi connectivity index (χ3v) is 8.86. The van der Waals surface area contributed by atoms with E-state index in [0.29, 0.717) is 12.3 Å². The molecule has 1 aliphatic rings. The van der Waals surface area contributed by atoms with Crippen LogP contribution in [0.1, 0.15) is 25.0 Å². The summed E-state index contributed by atoms with van der Waals surface area (Å²) in [6.45, 7) is 7.21. The number of hydrogen-bond donors (Lipinski definition) is 1. The summed E-state index contributed by atoms with van der Waals surface area (Å²) in [4.78, 5) is 2.34. The Morgan fingerprint density at radius 1 is 1.06 bits per heavy atom. The second-order valence-electron chi connectivity index (χ2n) is 9.95. The summed E-state index contributed by atoms with van der Waals surface area (Å²) in [7, 11) is -1.81. The van der Waals surface area contributed by atoms with Crippen molar-refractivity contribution in [2.24, 2.45) is 5.92 Å². The molecule has 0 aromatic heterocycles. The molecule has 1 heterocycles. The van der Waals surface area contributed by atoms with Gasteiger partial charge in [0.2, 0.25) is 10.0 Å². The number of aliphatic hydroxyl groups excluding tert-OH is 1. The maximum Gasteiger partial charge on any atom is 0.247 e. The molecule has 3 atom stereocenters. The van der Waals surface area contributed by atoms with Crippen LogP contribution in [0, 0.1) is 12.8 Å². The van der Waals surface area contributed by atoms with Crippen LogP contribution < -0.4 is 4.74 Å². The summed E-state index contributed by atoms with van der Waals surface area (Å²) in [5.41, 5.74) is 4.26. The van der Waals surface area contributed by atoms with E-state index in [1.165, 1.54) is 9.87 Å². The Labute approximate surface area is 215 Å². The molecule has 0 saturated carbocycles. The zero-order valence-electron chi connectivity index (χ0n) is 21.5. The van der Waals surface area contributed by atoms with Crippen LogP contribution in [-0.4, -0.2) is 61.6 Å².